The predicted octanol–water partition coefficient (Wildman–Crippen LogP) is 14.9. The van der Waals surface area contributed by atoms with Crippen LogP contribution in [0.4, 0.5) is 17.1 Å². The van der Waals surface area contributed by atoms with Gasteiger partial charge < -0.3 is 4.90 Å². The summed E-state index contributed by atoms with van der Waals surface area (Å²) in [5.41, 5.74) is 22.1. The van der Waals surface area contributed by atoms with Crippen LogP contribution in [-0.2, 0) is 16.2 Å². The first-order chi connectivity index (χ1) is 27.0. The Morgan fingerprint density at radius 3 is 1.23 bits per heavy atom. The van der Waals surface area contributed by atoms with E-state index in [1.54, 1.807) is 0 Å². The highest BCUT2D eigenvalue weighted by Gasteiger charge is 2.40. The summed E-state index contributed by atoms with van der Waals surface area (Å²) in [6, 6.07) is 62.0. The molecule has 8 aromatic rings. The maximum atomic E-state index is 2.52. The van der Waals surface area contributed by atoms with Crippen molar-refractivity contribution in [2.24, 2.45) is 0 Å². The van der Waals surface area contributed by atoms with Crippen LogP contribution in [-0.4, -0.2) is 0 Å². The van der Waals surface area contributed by atoms with Crippen molar-refractivity contribution in [3.63, 3.8) is 0 Å². The molecule has 0 fully saturated rings. The molecule has 0 saturated heterocycles. The minimum atomic E-state index is -0.268. The average molecular weight is 720 g/mol. The van der Waals surface area contributed by atoms with E-state index in [-0.39, 0.29) is 16.2 Å². The molecule has 1 aliphatic heterocycles. The van der Waals surface area contributed by atoms with Gasteiger partial charge in [0.15, 0.2) is 0 Å². The third-order valence-corrected chi connectivity index (χ3v) is 13.7. The summed E-state index contributed by atoms with van der Waals surface area (Å²) in [6.07, 6.45) is 0. The molecule has 0 radical (unpaired) electrons. The monoisotopic (exact) mass is 719 g/mol. The molecule has 270 valence electrons. The Morgan fingerprint density at radius 1 is 0.304 bits per heavy atom. The molecular weight excluding hydrogens is 675 g/mol. The first-order valence-corrected chi connectivity index (χ1v) is 20.1. The van der Waals surface area contributed by atoms with Gasteiger partial charge in [0.25, 0.3) is 0 Å². The number of benzene rings is 8. The van der Waals surface area contributed by atoms with Crippen LogP contribution in [0.15, 0.2) is 164 Å². The predicted molar refractivity (Wildman–Crippen MR) is 237 cm³/mol. The van der Waals surface area contributed by atoms with Crippen molar-refractivity contribution in [2.75, 3.05) is 4.90 Å². The second-order valence-electron chi connectivity index (χ2n) is 17.8. The Balaban J connectivity index is 1.09. The quantitative estimate of drug-likeness (QED) is 0.176. The maximum Gasteiger partial charge on any atom is 0.0540 e. The molecule has 8 aromatic carbocycles. The minimum Gasteiger partial charge on any atom is -0.309 e. The normalized spacial score (nSPS) is 16.1. The van der Waals surface area contributed by atoms with Gasteiger partial charge >= 0.3 is 0 Å². The van der Waals surface area contributed by atoms with E-state index < -0.39 is 0 Å². The lowest BCUT2D eigenvalue weighted by Gasteiger charge is -2.43. The second kappa shape index (κ2) is 11.4. The van der Waals surface area contributed by atoms with Gasteiger partial charge in [-0.05, 0) is 126 Å². The number of hydrogen-bond donors (Lipinski definition) is 0. The lowest BCUT2D eigenvalue weighted by atomic mass is 9.72. The van der Waals surface area contributed by atoms with Crippen molar-refractivity contribution in [1.29, 1.82) is 0 Å². The van der Waals surface area contributed by atoms with Gasteiger partial charge in [-0.2, -0.15) is 0 Å². The van der Waals surface area contributed by atoms with E-state index in [1.807, 2.05) is 0 Å². The van der Waals surface area contributed by atoms with E-state index in [4.69, 9.17) is 0 Å². The molecule has 3 aliphatic rings. The molecule has 0 amide bonds. The fourth-order valence-corrected chi connectivity index (χ4v) is 10.5. The number of hydrogen-bond acceptors (Lipinski definition) is 1. The van der Waals surface area contributed by atoms with E-state index in [0.29, 0.717) is 0 Å². The molecule has 0 aromatic heterocycles. The lowest BCUT2D eigenvalue weighted by Crippen LogP contribution is -2.31. The molecule has 56 heavy (non-hydrogen) atoms. The smallest absolute Gasteiger partial charge is 0.0540 e. The number of nitrogens with zero attached hydrogens (tertiary/aromatic N) is 1. The summed E-state index contributed by atoms with van der Waals surface area (Å²) in [5, 5.41) is 2.50. The van der Waals surface area contributed by atoms with Gasteiger partial charge in [0.1, 0.15) is 0 Å². The molecule has 0 saturated carbocycles. The zero-order valence-electron chi connectivity index (χ0n) is 33.0. The minimum absolute atomic E-state index is 0.0501. The summed E-state index contributed by atoms with van der Waals surface area (Å²) < 4.78 is 0. The fourth-order valence-electron chi connectivity index (χ4n) is 10.5. The van der Waals surface area contributed by atoms with Gasteiger partial charge in [-0.1, -0.05) is 163 Å². The van der Waals surface area contributed by atoms with Gasteiger partial charge in [-0.3, -0.25) is 0 Å². The van der Waals surface area contributed by atoms with Gasteiger partial charge in [0.05, 0.1) is 17.1 Å². The summed E-state index contributed by atoms with van der Waals surface area (Å²) in [7, 11) is 0. The largest absolute Gasteiger partial charge is 0.309 e. The van der Waals surface area contributed by atoms with Gasteiger partial charge in [-0.15, -0.1) is 0 Å². The highest BCUT2D eigenvalue weighted by atomic mass is 15.2. The second-order valence-corrected chi connectivity index (χ2v) is 17.8. The molecule has 0 spiro atoms. The molecule has 2 aliphatic carbocycles. The van der Waals surface area contributed by atoms with E-state index in [9.17, 15) is 0 Å². The highest BCUT2D eigenvalue weighted by molar-refractivity contribution is 6.01. The van der Waals surface area contributed by atoms with Crippen LogP contribution in [0.25, 0.3) is 55.3 Å². The van der Waals surface area contributed by atoms with E-state index in [1.165, 1.54) is 106 Å². The van der Waals surface area contributed by atoms with Crippen LogP contribution < -0.4 is 4.90 Å². The van der Waals surface area contributed by atoms with Gasteiger partial charge in [0.2, 0.25) is 0 Å². The number of rotatable bonds is 3. The highest BCUT2D eigenvalue weighted by Crippen LogP contribution is 2.56. The van der Waals surface area contributed by atoms with E-state index in [0.717, 1.165) is 0 Å². The molecule has 1 heterocycles. The Bertz CT molecular complexity index is 2790. The Hall–Kier alpha value is -6.18. The van der Waals surface area contributed by atoms with Crippen LogP contribution in [0, 0.1) is 0 Å². The fraction of sp³-hybridized carbons (Fsp3) is 0.164. The Kier molecular flexibility index (Phi) is 6.77. The SMILES string of the molecule is CC1(C)c2ccccc2-c2ccc(-c3ccc4c(c3)C(C)(C)c3cc(-c5ccc6c(c5)C(C)(C)c5ccccc5-6)ccc3N4c3cccc4ccccc34)cc21. The van der Waals surface area contributed by atoms with Crippen molar-refractivity contribution in [2.45, 2.75) is 57.8 Å². The molecule has 11 rings (SSSR count). The molecule has 1 heteroatoms. The molecule has 0 atom stereocenters. The summed E-state index contributed by atoms with van der Waals surface area (Å²) in [5.74, 6) is 0. The van der Waals surface area contributed by atoms with E-state index >= 15 is 0 Å². The third kappa shape index (κ3) is 4.49. The van der Waals surface area contributed by atoms with Crippen molar-refractivity contribution in [1.82, 2.24) is 0 Å². The molecule has 0 unspecified atom stereocenters. The van der Waals surface area contributed by atoms with Crippen LogP contribution >= 0.6 is 0 Å². The molecule has 0 bridgehead atoms. The Labute approximate surface area is 330 Å². The maximum absolute atomic E-state index is 2.52. The van der Waals surface area contributed by atoms with Crippen LogP contribution in [0.2, 0.25) is 0 Å². The lowest BCUT2D eigenvalue weighted by molar-refractivity contribution is 0.632. The first kappa shape index (κ1) is 33.2. The summed E-state index contributed by atoms with van der Waals surface area (Å²) in [4.78, 5) is 2.52. The van der Waals surface area contributed by atoms with Crippen LogP contribution in [0.1, 0.15) is 74.9 Å². The summed E-state index contributed by atoms with van der Waals surface area (Å²) >= 11 is 0. The topological polar surface area (TPSA) is 3.24 Å². The van der Waals surface area contributed by atoms with E-state index in [2.05, 4.69) is 210 Å². The number of anilines is 3. The average Bonchev–Trinajstić information content (AvgIpc) is 3.60. The van der Waals surface area contributed by atoms with Crippen LogP contribution in [0.5, 0.6) is 0 Å². The summed E-state index contributed by atoms with van der Waals surface area (Å²) in [6.45, 7) is 14.3. The van der Waals surface area contributed by atoms with Gasteiger partial charge in [0, 0.05) is 21.6 Å². The van der Waals surface area contributed by atoms with Crippen molar-refractivity contribution in [3.8, 4) is 44.5 Å². The van der Waals surface area contributed by atoms with Crippen molar-refractivity contribution >= 4 is 27.8 Å². The number of fused-ring (bicyclic) bond motifs is 9. The third-order valence-electron chi connectivity index (χ3n) is 13.7. The molecule has 1 nitrogen and oxygen atoms in total. The molecule has 0 N–H and O–H groups in total. The first-order valence-electron chi connectivity index (χ1n) is 20.1. The standard InChI is InChI=1S/C55H45N/c1-53(2)44-19-11-9-17-40(44)42-26-22-35(30-46(42)53)37-24-28-51-48(32-37)55(5,6)49-33-38(25-29-52(49)56(51)50-21-13-15-34-14-7-8-16-39(34)50)36-23-27-43-41-18-10-12-20-45(41)54(3,4)47(43)31-36/h7-33H,1-6H3. The zero-order valence-corrected chi connectivity index (χ0v) is 33.0. The van der Waals surface area contributed by atoms with Crippen molar-refractivity contribution < 1.29 is 0 Å². The van der Waals surface area contributed by atoms with Gasteiger partial charge in [-0.25, -0.2) is 0 Å². The van der Waals surface area contributed by atoms with Crippen LogP contribution in [0.3, 0.4) is 0 Å². The van der Waals surface area contributed by atoms with Crippen molar-refractivity contribution in [3.05, 3.63) is 197 Å². The zero-order chi connectivity index (χ0) is 38.1. The molecular formula is C55H45N. The Morgan fingerprint density at radius 2 is 0.696 bits per heavy atom.